The van der Waals surface area contributed by atoms with E-state index in [9.17, 15) is 14.0 Å². The van der Waals surface area contributed by atoms with Crippen molar-refractivity contribution in [2.45, 2.75) is 25.8 Å². The van der Waals surface area contributed by atoms with Crippen molar-refractivity contribution >= 4 is 12.3 Å². The molecule has 3 rings (SSSR count). The minimum absolute atomic E-state index is 0.0492. The summed E-state index contributed by atoms with van der Waals surface area (Å²) in [5.74, 6) is -0.739. The summed E-state index contributed by atoms with van der Waals surface area (Å²) in [7, 11) is 1.37. The van der Waals surface area contributed by atoms with E-state index in [0.29, 0.717) is 30.4 Å². The first-order valence-electron chi connectivity index (χ1n) is 7.29. The van der Waals surface area contributed by atoms with Crippen LogP contribution in [0.1, 0.15) is 35.1 Å². The summed E-state index contributed by atoms with van der Waals surface area (Å²) in [6, 6.07) is 2.89. The number of esters is 1. The summed E-state index contributed by atoms with van der Waals surface area (Å²) in [5, 5.41) is 4.26. The van der Waals surface area contributed by atoms with Crippen molar-refractivity contribution in [3.8, 4) is 11.3 Å². The normalized spacial score (nSPS) is 20.0. The Morgan fingerprint density at radius 3 is 2.78 bits per heavy atom. The van der Waals surface area contributed by atoms with Gasteiger partial charge in [-0.15, -0.1) is 0 Å². The lowest BCUT2D eigenvalue weighted by Gasteiger charge is -2.33. The van der Waals surface area contributed by atoms with Gasteiger partial charge in [0.15, 0.2) is 6.29 Å². The van der Waals surface area contributed by atoms with Gasteiger partial charge in [0.25, 0.3) is 0 Å². The van der Waals surface area contributed by atoms with Crippen molar-refractivity contribution in [3.05, 3.63) is 35.5 Å². The van der Waals surface area contributed by atoms with E-state index in [1.54, 1.807) is 17.8 Å². The zero-order chi connectivity index (χ0) is 16.6. The molecule has 1 fully saturated rings. The average molecular weight is 317 g/mol. The molecule has 0 atom stereocenters. The molecule has 0 saturated heterocycles. The fourth-order valence-corrected chi connectivity index (χ4v) is 2.73. The third kappa shape index (κ3) is 2.74. The van der Waals surface area contributed by atoms with E-state index < -0.39 is 5.82 Å². The van der Waals surface area contributed by atoms with Crippen molar-refractivity contribution in [3.63, 3.8) is 0 Å². The molecule has 0 aliphatic heterocycles. The number of aldehydes is 1. The van der Waals surface area contributed by atoms with Crippen molar-refractivity contribution in [2.24, 2.45) is 5.92 Å². The van der Waals surface area contributed by atoms with E-state index in [0.717, 1.165) is 0 Å². The molecule has 2 aromatic rings. The number of ether oxygens (including phenoxy) is 1. The van der Waals surface area contributed by atoms with E-state index in [1.807, 2.05) is 0 Å². The summed E-state index contributed by atoms with van der Waals surface area (Å²) < 4.78 is 19.7. The van der Waals surface area contributed by atoms with Crippen LogP contribution in [0.4, 0.5) is 4.39 Å². The van der Waals surface area contributed by atoms with Gasteiger partial charge in [-0.2, -0.15) is 5.10 Å². The van der Waals surface area contributed by atoms with E-state index >= 15 is 0 Å². The number of hydrogen-bond acceptors (Lipinski definition) is 5. The van der Waals surface area contributed by atoms with Crippen molar-refractivity contribution in [2.75, 3.05) is 7.11 Å². The van der Waals surface area contributed by atoms with E-state index in [2.05, 4.69) is 10.1 Å². The monoisotopic (exact) mass is 317 g/mol. The summed E-state index contributed by atoms with van der Waals surface area (Å²) in [6.07, 6.45) is 3.63. The Hall–Kier alpha value is -2.57. The lowest BCUT2D eigenvalue weighted by atomic mass is 9.80. The van der Waals surface area contributed by atoms with Crippen LogP contribution in [0.15, 0.2) is 18.3 Å². The molecule has 0 bridgehead atoms. The highest BCUT2D eigenvalue weighted by Gasteiger charge is 2.37. The Bertz CT molecular complexity index is 766. The highest BCUT2D eigenvalue weighted by atomic mass is 19.1. The standard InChI is InChI=1S/C16H16FN3O3/c1-9-13(17)3-4-14(18-9)12-7-20(19-15(12)8-21)11-5-10(6-11)16(22)23-2/h3-4,7-8,10-11H,5-6H2,1-2H3. The Morgan fingerprint density at radius 2 is 2.17 bits per heavy atom. The molecule has 0 unspecified atom stereocenters. The predicted molar refractivity (Wildman–Crippen MR) is 79.3 cm³/mol. The quantitative estimate of drug-likeness (QED) is 0.639. The molecule has 1 aliphatic rings. The van der Waals surface area contributed by atoms with Crippen LogP contribution in [0.3, 0.4) is 0 Å². The van der Waals surface area contributed by atoms with Crippen molar-refractivity contribution in [1.82, 2.24) is 14.8 Å². The maximum Gasteiger partial charge on any atom is 0.308 e. The molecular weight excluding hydrogens is 301 g/mol. The number of rotatable bonds is 4. The van der Waals surface area contributed by atoms with Crippen molar-refractivity contribution < 1.29 is 18.7 Å². The highest BCUT2D eigenvalue weighted by molar-refractivity contribution is 5.83. The van der Waals surface area contributed by atoms with E-state index in [1.165, 1.54) is 19.2 Å². The maximum absolute atomic E-state index is 13.3. The van der Waals surface area contributed by atoms with Gasteiger partial charge < -0.3 is 4.74 Å². The van der Waals surface area contributed by atoms with Gasteiger partial charge in [-0.25, -0.2) is 9.37 Å². The number of carbonyl (C=O) groups excluding carboxylic acids is 2. The van der Waals surface area contributed by atoms with Gasteiger partial charge in [0.2, 0.25) is 0 Å². The lowest BCUT2D eigenvalue weighted by molar-refractivity contribution is -0.149. The SMILES string of the molecule is COC(=O)C1CC(n2cc(-c3ccc(F)c(C)n3)c(C=O)n2)C1. The third-order valence-corrected chi connectivity index (χ3v) is 4.19. The molecule has 0 amide bonds. The van der Waals surface area contributed by atoms with Gasteiger partial charge in [-0.1, -0.05) is 0 Å². The smallest absolute Gasteiger partial charge is 0.308 e. The zero-order valence-electron chi connectivity index (χ0n) is 12.8. The number of aryl methyl sites for hydroxylation is 1. The van der Waals surface area contributed by atoms with Crippen molar-refractivity contribution in [1.29, 1.82) is 0 Å². The number of halogens is 1. The minimum atomic E-state index is -0.395. The summed E-state index contributed by atoms with van der Waals surface area (Å²) in [4.78, 5) is 26.9. The van der Waals surface area contributed by atoms with Crippen LogP contribution in [0, 0.1) is 18.7 Å². The van der Waals surface area contributed by atoms with Crippen LogP contribution in [-0.2, 0) is 9.53 Å². The number of hydrogen-bond donors (Lipinski definition) is 0. The molecule has 23 heavy (non-hydrogen) atoms. The molecule has 1 aliphatic carbocycles. The number of carbonyl (C=O) groups is 2. The summed E-state index contributed by atoms with van der Waals surface area (Å²) in [5.41, 5.74) is 1.58. The second-order valence-electron chi connectivity index (χ2n) is 5.63. The number of pyridine rings is 1. The second-order valence-corrected chi connectivity index (χ2v) is 5.63. The zero-order valence-corrected chi connectivity index (χ0v) is 12.8. The number of methoxy groups -OCH3 is 1. The van der Waals surface area contributed by atoms with Crippen LogP contribution in [0.5, 0.6) is 0 Å². The van der Waals surface area contributed by atoms with Gasteiger partial charge in [0, 0.05) is 11.8 Å². The topological polar surface area (TPSA) is 74.1 Å². The predicted octanol–water partition coefficient (Wildman–Crippen LogP) is 2.33. The van der Waals surface area contributed by atoms with Crippen LogP contribution in [0.25, 0.3) is 11.3 Å². The minimum Gasteiger partial charge on any atom is -0.469 e. The number of nitrogens with zero attached hydrogens (tertiary/aromatic N) is 3. The average Bonchev–Trinajstić information content (AvgIpc) is 2.92. The van der Waals surface area contributed by atoms with E-state index in [-0.39, 0.29) is 29.3 Å². The maximum atomic E-state index is 13.3. The van der Waals surface area contributed by atoms with Gasteiger partial charge in [-0.3, -0.25) is 14.3 Å². The molecule has 2 aromatic heterocycles. The first-order valence-corrected chi connectivity index (χ1v) is 7.29. The molecule has 6 nitrogen and oxygen atoms in total. The van der Waals surface area contributed by atoms with Gasteiger partial charge >= 0.3 is 5.97 Å². The van der Waals surface area contributed by atoms with Gasteiger partial charge in [0.1, 0.15) is 11.5 Å². The third-order valence-electron chi connectivity index (χ3n) is 4.19. The molecular formula is C16H16FN3O3. The first kappa shape index (κ1) is 15.3. The molecule has 0 N–H and O–H groups in total. The molecule has 120 valence electrons. The van der Waals surface area contributed by atoms with Gasteiger partial charge in [-0.05, 0) is 31.9 Å². The Morgan fingerprint density at radius 1 is 1.43 bits per heavy atom. The Labute approximate surface area is 132 Å². The largest absolute Gasteiger partial charge is 0.469 e. The fraction of sp³-hybridized carbons (Fsp3) is 0.375. The van der Waals surface area contributed by atoms with Crippen LogP contribution >= 0.6 is 0 Å². The molecule has 0 spiro atoms. The van der Waals surface area contributed by atoms with Gasteiger partial charge in [0.05, 0.1) is 30.5 Å². The Balaban J connectivity index is 1.86. The molecule has 0 radical (unpaired) electrons. The lowest BCUT2D eigenvalue weighted by Crippen LogP contribution is -2.33. The summed E-state index contributed by atoms with van der Waals surface area (Å²) >= 11 is 0. The molecule has 1 saturated carbocycles. The van der Waals surface area contributed by atoms with E-state index in [4.69, 9.17) is 4.74 Å². The van der Waals surface area contributed by atoms with Crippen LogP contribution in [0.2, 0.25) is 0 Å². The Kier molecular flexibility index (Phi) is 3.94. The second kappa shape index (κ2) is 5.91. The molecule has 2 heterocycles. The van der Waals surface area contributed by atoms with Crippen LogP contribution < -0.4 is 0 Å². The summed E-state index contributed by atoms with van der Waals surface area (Å²) in [6.45, 7) is 1.57. The number of aromatic nitrogens is 3. The fourth-order valence-electron chi connectivity index (χ4n) is 2.73. The first-order chi connectivity index (χ1) is 11.0. The molecule has 0 aromatic carbocycles. The molecule has 7 heteroatoms. The van der Waals surface area contributed by atoms with Crippen LogP contribution in [-0.4, -0.2) is 34.1 Å². The highest BCUT2D eigenvalue weighted by Crippen LogP contribution is 2.39.